The molecule has 3 fully saturated rings. The number of hydrogen-bond acceptors (Lipinski definition) is 5. The Labute approximate surface area is 150 Å². The van der Waals surface area contributed by atoms with Gasteiger partial charge in [0.05, 0.1) is 23.1 Å². The molecule has 0 aromatic carbocycles. The second-order valence-electron chi connectivity index (χ2n) is 8.08. The maximum atomic E-state index is 6.26. The van der Waals surface area contributed by atoms with Crippen molar-refractivity contribution in [3.63, 3.8) is 0 Å². The quantitative estimate of drug-likeness (QED) is 0.813. The lowest BCUT2D eigenvalue weighted by Crippen LogP contribution is -2.65. The molecule has 1 atom stereocenters. The molecule has 0 N–H and O–H groups in total. The van der Waals surface area contributed by atoms with Gasteiger partial charge in [-0.3, -0.25) is 9.58 Å². The fraction of sp³-hybridized carbons (Fsp3) is 0.842. The summed E-state index contributed by atoms with van der Waals surface area (Å²) in [5.41, 5.74) is 2.38. The van der Waals surface area contributed by atoms with Crippen molar-refractivity contribution >= 4 is 0 Å². The molecule has 3 saturated heterocycles. The lowest BCUT2D eigenvalue weighted by atomic mass is 9.84. The summed E-state index contributed by atoms with van der Waals surface area (Å²) >= 11 is 0. The molecule has 4 rings (SSSR count). The van der Waals surface area contributed by atoms with Gasteiger partial charge in [0.15, 0.2) is 0 Å². The van der Waals surface area contributed by atoms with Crippen molar-refractivity contribution in [2.45, 2.75) is 50.9 Å². The van der Waals surface area contributed by atoms with Crippen molar-refractivity contribution in [3.8, 4) is 0 Å². The van der Waals surface area contributed by atoms with E-state index in [1.807, 2.05) is 18.7 Å². The number of hydrogen-bond donors (Lipinski definition) is 0. The van der Waals surface area contributed by atoms with Gasteiger partial charge in [-0.05, 0) is 38.2 Å². The van der Waals surface area contributed by atoms with Gasteiger partial charge in [0.2, 0.25) is 0 Å². The third kappa shape index (κ3) is 4.08. The Hall–Kier alpha value is -0.950. The molecular weight excluding hydrogens is 318 g/mol. The van der Waals surface area contributed by atoms with E-state index in [1.54, 1.807) is 0 Å². The molecule has 0 bridgehead atoms. The average molecular weight is 349 g/mol. The maximum absolute atomic E-state index is 6.26. The van der Waals surface area contributed by atoms with Crippen LogP contribution in [0.2, 0.25) is 0 Å². The van der Waals surface area contributed by atoms with Crippen LogP contribution in [0, 0.1) is 12.8 Å². The minimum Gasteiger partial charge on any atom is -0.381 e. The second-order valence-corrected chi connectivity index (χ2v) is 8.08. The lowest BCUT2D eigenvalue weighted by molar-refractivity contribution is -0.201. The first-order chi connectivity index (χ1) is 12.1. The van der Waals surface area contributed by atoms with Crippen molar-refractivity contribution in [2.24, 2.45) is 13.0 Å². The highest BCUT2D eigenvalue weighted by Gasteiger charge is 2.47. The Morgan fingerprint density at radius 2 is 2.04 bits per heavy atom. The molecule has 1 aromatic heterocycles. The van der Waals surface area contributed by atoms with Gasteiger partial charge >= 0.3 is 0 Å². The van der Waals surface area contributed by atoms with Gasteiger partial charge in [-0.1, -0.05) is 0 Å². The van der Waals surface area contributed by atoms with Crippen molar-refractivity contribution in [1.82, 2.24) is 14.7 Å². The Morgan fingerprint density at radius 1 is 1.24 bits per heavy atom. The minimum atomic E-state index is 0.0201. The number of aryl methyl sites for hydroxylation is 2. The fourth-order valence-electron chi connectivity index (χ4n) is 4.45. The van der Waals surface area contributed by atoms with Crippen molar-refractivity contribution in [3.05, 3.63) is 17.5 Å². The predicted molar refractivity (Wildman–Crippen MR) is 94.4 cm³/mol. The zero-order valence-electron chi connectivity index (χ0n) is 15.6. The summed E-state index contributed by atoms with van der Waals surface area (Å²) in [6.07, 6.45) is 4.72. The fourth-order valence-corrected chi connectivity index (χ4v) is 4.45. The molecule has 0 radical (unpaired) electrons. The maximum Gasteiger partial charge on any atom is 0.0959 e. The van der Waals surface area contributed by atoms with Crippen LogP contribution in [-0.4, -0.2) is 65.9 Å². The first-order valence-electron chi connectivity index (χ1n) is 9.67. The van der Waals surface area contributed by atoms with E-state index in [-0.39, 0.29) is 5.60 Å². The van der Waals surface area contributed by atoms with Crippen LogP contribution in [0.1, 0.15) is 37.1 Å². The summed E-state index contributed by atoms with van der Waals surface area (Å²) in [4.78, 5) is 2.46. The van der Waals surface area contributed by atoms with Crippen LogP contribution in [0.15, 0.2) is 6.07 Å². The zero-order chi connectivity index (χ0) is 17.3. The molecule has 6 heteroatoms. The molecule has 140 valence electrons. The molecule has 3 aliphatic heterocycles. The highest BCUT2D eigenvalue weighted by atomic mass is 16.5. The summed E-state index contributed by atoms with van der Waals surface area (Å²) in [5.74, 6) is 0.679. The normalized spacial score (nSPS) is 27.5. The van der Waals surface area contributed by atoms with E-state index in [9.17, 15) is 0 Å². The van der Waals surface area contributed by atoms with Gasteiger partial charge in [-0.2, -0.15) is 5.10 Å². The molecule has 4 heterocycles. The molecule has 6 nitrogen and oxygen atoms in total. The minimum absolute atomic E-state index is 0.0201. The molecule has 1 spiro atoms. The van der Waals surface area contributed by atoms with Gasteiger partial charge in [0, 0.05) is 59.5 Å². The molecule has 3 aliphatic rings. The SMILES string of the molecule is Cc1cc(CN2CC3(C[C@@H](OCC4CCOCC4)CCO3)C2)n(C)n1. The summed E-state index contributed by atoms with van der Waals surface area (Å²) in [7, 11) is 2.02. The van der Waals surface area contributed by atoms with Crippen LogP contribution < -0.4 is 0 Å². The van der Waals surface area contributed by atoms with Crippen molar-refractivity contribution < 1.29 is 14.2 Å². The van der Waals surface area contributed by atoms with Gasteiger partial charge in [-0.15, -0.1) is 0 Å². The van der Waals surface area contributed by atoms with Gasteiger partial charge < -0.3 is 14.2 Å². The number of aromatic nitrogens is 2. The van der Waals surface area contributed by atoms with E-state index < -0.39 is 0 Å². The number of likely N-dealkylation sites (tertiary alicyclic amines) is 1. The van der Waals surface area contributed by atoms with E-state index in [4.69, 9.17) is 14.2 Å². The Morgan fingerprint density at radius 3 is 2.76 bits per heavy atom. The van der Waals surface area contributed by atoms with E-state index in [1.165, 1.54) is 5.69 Å². The Kier molecular flexibility index (Phi) is 5.13. The van der Waals surface area contributed by atoms with Crippen molar-refractivity contribution in [2.75, 3.05) is 39.5 Å². The van der Waals surface area contributed by atoms with Gasteiger partial charge in [0.1, 0.15) is 0 Å². The number of nitrogens with zero attached hydrogens (tertiary/aromatic N) is 3. The third-order valence-electron chi connectivity index (χ3n) is 5.86. The summed E-state index contributed by atoms with van der Waals surface area (Å²) in [6.45, 7) is 8.53. The van der Waals surface area contributed by atoms with E-state index in [0.29, 0.717) is 12.0 Å². The average Bonchev–Trinajstić information content (AvgIpc) is 2.90. The van der Waals surface area contributed by atoms with E-state index in [2.05, 4.69) is 16.1 Å². The molecule has 0 saturated carbocycles. The first kappa shape index (κ1) is 17.5. The largest absolute Gasteiger partial charge is 0.381 e. The van der Waals surface area contributed by atoms with Crippen molar-refractivity contribution in [1.29, 1.82) is 0 Å². The molecule has 25 heavy (non-hydrogen) atoms. The molecule has 1 aromatic rings. The standard InChI is InChI=1S/C19H31N3O3/c1-15-9-17(21(2)20-15)11-22-13-19(14-22)10-18(5-8-25-19)24-12-16-3-6-23-7-4-16/h9,16,18H,3-8,10-14H2,1-2H3/t18-/m0/s1. The van der Waals surface area contributed by atoms with Gasteiger partial charge in [0.25, 0.3) is 0 Å². The second kappa shape index (κ2) is 7.35. The topological polar surface area (TPSA) is 48.8 Å². The first-order valence-corrected chi connectivity index (χ1v) is 9.67. The number of ether oxygens (including phenoxy) is 3. The van der Waals surface area contributed by atoms with E-state index >= 15 is 0 Å². The zero-order valence-corrected chi connectivity index (χ0v) is 15.6. The number of rotatable bonds is 5. The Balaban J connectivity index is 1.24. The summed E-state index contributed by atoms with van der Waals surface area (Å²) < 4.78 is 19.8. The lowest BCUT2D eigenvalue weighted by Gasteiger charge is -2.53. The summed E-state index contributed by atoms with van der Waals surface area (Å²) in [6, 6.07) is 2.17. The van der Waals surface area contributed by atoms with Gasteiger partial charge in [-0.25, -0.2) is 0 Å². The van der Waals surface area contributed by atoms with Crippen LogP contribution in [0.5, 0.6) is 0 Å². The van der Waals surface area contributed by atoms with Crippen LogP contribution in [0.25, 0.3) is 0 Å². The predicted octanol–water partition coefficient (Wildman–Crippen LogP) is 1.91. The van der Waals surface area contributed by atoms with Crippen LogP contribution in [-0.2, 0) is 27.8 Å². The molecule has 0 unspecified atom stereocenters. The molecular formula is C19H31N3O3. The highest BCUT2D eigenvalue weighted by Crippen LogP contribution is 2.36. The molecule has 0 amide bonds. The Bertz CT molecular complexity index is 576. The summed E-state index contributed by atoms with van der Waals surface area (Å²) in [5, 5.41) is 4.44. The monoisotopic (exact) mass is 349 g/mol. The third-order valence-corrected chi connectivity index (χ3v) is 5.86. The smallest absolute Gasteiger partial charge is 0.0959 e. The molecule has 0 aliphatic carbocycles. The van der Waals surface area contributed by atoms with Crippen LogP contribution in [0.3, 0.4) is 0 Å². The van der Waals surface area contributed by atoms with E-state index in [0.717, 1.165) is 77.4 Å². The van der Waals surface area contributed by atoms with Crippen LogP contribution in [0.4, 0.5) is 0 Å². The van der Waals surface area contributed by atoms with Crippen LogP contribution >= 0.6 is 0 Å². The highest BCUT2D eigenvalue weighted by molar-refractivity contribution is 5.11.